The van der Waals surface area contributed by atoms with Crippen molar-refractivity contribution in [1.82, 2.24) is 16.0 Å². The van der Waals surface area contributed by atoms with E-state index in [0.717, 1.165) is 0 Å². The first kappa shape index (κ1) is 28.8. The molecule has 0 aromatic heterocycles. The van der Waals surface area contributed by atoms with Crippen LogP contribution in [0.5, 0.6) is 0 Å². The number of nitrogens with two attached hydrogens (primary N) is 2. The summed E-state index contributed by atoms with van der Waals surface area (Å²) in [5, 5.41) is 17.2. The van der Waals surface area contributed by atoms with Crippen LogP contribution in [0.2, 0.25) is 0 Å². The van der Waals surface area contributed by atoms with Gasteiger partial charge >= 0.3 is 5.97 Å². The Morgan fingerprint density at radius 1 is 0.742 bits per heavy atom. The smallest absolute Gasteiger partial charge is 0.326 e. The van der Waals surface area contributed by atoms with E-state index in [1.807, 2.05) is 27.7 Å². The Balaban J connectivity index is 5.40. The van der Waals surface area contributed by atoms with Crippen molar-refractivity contribution in [2.24, 2.45) is 23.3 Å². The number of hydrogen-bond acceptors (Lipinski definition) is 6. The van der Waals surface area contributed by atoms with E-state index in [-0.39, 0.29) is 18.3 Å². The molecule has 10 nitrogen and oxygen atoms in total. The summed E-state index contributed by atoms with van der Waals surface area (Å²) in [5.74, 6) is -2.53. The summed E-state index contributed by atoms with van der Waals surface area (Å²) in [4.78, 5) is 49.2. The summed E-state index contributed by atoms with van der Waals surface area (Å²) in [6.45, 7) is 9.49. The van der Waals surface area contributed by atoms with Gasteiger partial charge in [-0.05, 0) is 57.4 Å². The summed E-state index contributed by atoms with van der Waals surface area (Å²) in [7, 11) is 0. The lowest BCUT2D eigenvalue weighted by Crippen LogP contribution is -2.57. The standard InChI is InChI=1S/C21H41N5O5/c1-12(2)10-16(20(29)26-17(21(30)31)11-13(3)4)25-19(28)15(8-6-7-9-22)24-18(27)14(5)23/h12-17H,6-11,22-23H2,1-5H3,(H,24,27)(H,25,28)(H,26,29)(H,30,31). The molecule has 0 radical (unpaired) electrons. The number of rotatable bonds is 15. The first-order chi connectivity index (χ1) is 14.4. The number of carboxylic acid groups (broad SMARTS) is 1. The molecule has 0 aliphatic heterocycles. The number of amides is 3. The highest BCUT2D eigenvalue weighted by atomic mass is 16.4. The van der Waals surface area contributed by atoms with E-state index in [0.29, 0.717) is 32.2 Å². The quantitative estimate of drug-likeness (QED) is 0.194. The van der Waals surface area contributed by atoms with Gasteiger partial charge in [0.05, 0.1) is 6.04 Å². The van der Waals surface area contributed by atoms with Crippen molar-refractivity contribution in [2.45, 2.75) is 90.9 Å². The van der Waals surface area contributed by atoms with Crippen LogP contribution in [0.15, 0.2) is 0 Å². The maximum Gasteiger partial charge on any atom is 0.326 e. The second-order valence-electron chi connectivity index (χ2n) is 8.85. The monoisotopic (exact) mass is 443 g/mol. The second kappa shape index (κ2) is 14.7. The van der Waals surface area contributed by atoms with E-state index in [2.05, 4.69) is 16.0 Å². The minimum absolute atomic E-state index is 0.0683. The fourth-order valence-corrected chi connectivity index (χ4v) is 3.01. The van der Waals surface area contributed by atoms with Gasteiger partial charge in [0.1, 0.15) is 18.1 Å². The van der Waals surface area contributed by atoms with Gasteiger partial charge < -0.3 is 32.5 Å². The maximum atomic E-state index is 12.9. The molecule has 0 aromatic rings. The molecule has 0 aliphatic carbocycles. The minimum atomic E-state index is -1.12. The Labute approximate surface area is 185 Å². The molecule has 0 rings (SSSR count). The summed E-state index contributed by atoms with van der Waals surface area (Å²) < 4.78 is 0. The van der Waals surface area contributed by atoms with E-state index in [9.17, 15) is 24.3 Å². The molecule has 4 unspecified atom stereocenters. The van der Waals surface area contributed by atoms with Crippen LogP contribution in [0.1, 0.15) is 66.7 Å². The molecule has 180 valence electrons. The van der Waals surface area contributed by atoms with Gasteiger partial charge in [0.25, 0.3) is 0 Å². The van der Waals surface area contributed by atoms with Crippen LogP contribution in [0.25, 0.3) is 0 Å². The molecular weight excluding hydrogens is 402 g/mol. The third kappa shape index (κ3) is 12.3. The highest BCUT2D eigenvalue weighted by Crippen LogP contribution is 2.10. The topological polar surface area (TPSA) is 177 Å². The minimum Gasteiger partial charge on any atom is -0.480 e. The summed E-state index contributed by atoms with van der Waals surface area (Å²) in [6.07, 6.45) is 2.24. The first-order valence-electron chi connectivity index (χ1n) is 11.0. The summed E-state index contributed by atoms with van der Waals surface area (Å²) in [6, 6.07) is -3.62. The van der Waals surface area contributed by atoms with Crippen molar-refractivity contribution in [3.8, 4) is 0 Å². The number of carbonyl (C=O) groups is 4. The van der Waals surface area contributed by atoms with Crippen molar-refractivity contribution < 1.29 is 24.3 Å². The lowest BCUT2D eigenvalue weighted by atomic mass is 10.00. The molecule has 0 aromatic carbocycles. The SMILES string of the molecule is CC(C)CC(NC(=O)C(CC(C)C)NC(=O)C(CCCCN)NC(=O)C(C)N)C(=O)O. The second-order valence-corrected chi connectivity index (χ2v) is 8.85. The highest BCUT2D eigenvalue weighted by molar-refractivity contribution is 5.94. The van der Waals surface area contributed by atoms with Crippen molar-refractivity contribution in [2.75, 3.05) is 6.54 Å². The summed E-state index contributed by atoms with van der Waals surface area (Å²) in [5.41, 5.74) is 11.1. The summed E-state index contributed by atoms with van der Waals surface area (Å²) >= 11 is 0. The van der Waals surface area contributed by atoms with Crippen LogP contribution in [0.4, 0.5) is 0 Å². The third-order valence-corrected chi connectivity index (χ3v) is 4.66. The first-order valence-corrected chi connectivity index (χ1v) is 11.0. The van der Waals surface area contributed by atoms with Crippen LogP contribution in [0.3, 0.4) is 0 Å². The van der Waals surface area contributed by atoms with Gasteiger partial charge in [-0.2, -0.15) is 0 Å². The normalized spacial score (nSPS) is 15.1. The number of hydrogen-bond donors (Lipinski definition) is 6. The highest BCUT2D eigenvalue weighted by Gasteiger charge is 2.30. The molecule has 8 N–H and O–H groups in total. The largest absolute Gasteiger partial charge is 0.480 e. The number of carbonyl (C=O) groups excluding carboxylic acids is 3. The molecule has 4 atom stereocenters. The van der Waals surface area contributed by atoms with E-state index in [1.54, 1.807) is 0 Å². The van der Waals surface area contributed by atoms with Crippen LogP contribution in [0, 0.1) is 11.8 Å². The molecule has 10 heteroatoms. The van der Waals surface area contributed by atoms with Crippen molar-refractivity contribution in [3.05, 3.63) is 0 Å². The van der Waals surface area contributed by atoms with Gasteiger partial charge in [-0.1, -0.05) is 27.7 Å². The zero-order valence-electron chi connectivity index (χ0n) is 19.4. The average molecular weight is 444 g/mol. The average Bonchev–Trinajstić information content (AvgIpc) is 2.64. The zero-order valence-corrected chi connectivity index (χ0v) is 19.4. The van der Waals surface area contributed by atoms with Gasteiger partial charge in [0, 0.05) is 0 Å². The Bertz CT molecular complexity index is 595. The van der Waals surface area contributed by atoms with Gasteiger partial charge in [-0.15, -0.1) is 0 Å². The molecule has 0 saturated carbocycles. The molecule has 31 heavy (non-hydrogen) atoms. The predicted molar refractivity (Wildman–Crippen MR) is 119 cm³/mol. The third-order valence-electron chi connectivity index (χ3n) is 4.66. The van der Waals surface area contributed by atoms with Crippen molar-refractivity contribution in [1.29, 1.82) is 0 Å². The van der Waals surface area contributed by atoms with Crippen molar-refractivity contribution in [3.63, 3.8) is 0 Å². The molecule has 0 aliphatic rings. The molecular formula is C21H41N5O5. The lowest BCUT2D eigenvalue weighted by molar-refractivity contribution is -0.143. The Morgan fingerprint density at radius 2 is 1.19 bits per heavy atom. The number of unbranched alkanes of at least 4 members (excludes halogenated alkanes) is 1. The van der Waals surface area contributed by atoms with Crippen LogP contribution >= 0.6 is 0 Å². The van der Waals surface area contributed by atoms with Crippen molar-refractivity contribution >= 4 is 23.7 Å². The van der Waals surface area contributed by atoms with Gasteiger partial charge in [0.15, 0.2) is 0 Å². The van der Waals surface area contributed by atoms with Crippen LogP contribution in [-0.4, -0.2) is 59.5 Å². The van der Waals surface area contributed by atoms with E-state index in [4.69, 9.17) is 11.5 Å². The molecule has 0 fully saturated rings. The molecule has 0 spiro atoms. The van der Waals surface area contributed by atoms with Gasteiger partial charge in [-0.3, -0.25) is 14.4 Å². The number of aliphatic carboxylic acids is 1. The van der Waals surface area contributed by atoms with Crippen LogP contribution < -0.4 is 27.4 Å². The van der Waals surface area contributed by atoms with E-state index < -0.39 is 47.9 Å². The molecule has 3 amide bonds. The lowest BCUT2D eigenvalue weighted by Gasteiger charge is -2.26. The van der Waals surface area contributed by atoms with Gasteiger partial charge in [-0.25, -0.2) is 4.79 Å². The maximum absolute atomic E-state index is 12.9. The van der Waals surface area contributed by atoms with Crippen LogP contribution in [-0.2, 0) is 19.2 Å². The molecule has 0 heterocycles. The Kier molecular flexibility index (Phi) is 13.7. The number of carboxylic acids is 1. The fourth-order valence-electron chi connectivity index (χ4n) is 3.01. The van der Waals surface area contributed by atoms with E-state index in [1.165, 1.54) is 6.92 Å². The fraction of sp³-hybridized carbons (Fsp3) is 0.810. The Morgan fingerprint density at radius 3 is 1.65 bits per heavy atom. The van der Waals surface area contributed by atoms with E-state index >= 15 is 0 Å². The predicted octanol–water partition coefficient (Wildman–Crippen LogP) is 0.0938. The number of nitrogens with one attached hydrogen (secondary N) is 3. The molecule has 0 saturated heterocycles. The molecule has 0 bridgehead atoms. The van der Waals surface area contributed by atoms with Gasteiger partial charge in [0.2, 0.25) is 17.7 Å². The zero-order chi connectivity index (χ0) is 24.1. The Hall–Kier alpha value is -2.20.